The molecule has 150 valence electrons. The molecule has 0 bridgehead atoms. The molecule has 5 rings (SSSR count). The quantitative estimate of drug-likeness (QED) is 0.666. The SMILES string of the molecule is Cc1cc(C)n(-c2cc(N3CC4CN(C(=O)c5ccnn5C)CC4C3)ncn2)n1. The van der Waals surface area contributed by atoms with E-state index >= 15 is 0 Å². The maximum atomic E-state index is 12.8. The van der Waals surface area contributed by atoms with Gasteiger partial charge in [0.1, 0.15) is 17.8 Å². The molecule has 9 nitrogen and oxygen atoms in total. The van der Waals surface area contributed by atoms with E-state index in [9.17, 15) is 4.79 Å². The van der Waals surface area contributed by atoms with Crippen molar-refractivity contribution in [3.05, 3.63) is 47.8 Å². The Morgan fingerprint density at radius 2 is 1.76 bits per heavy atom. The predicted octanol–water partition coefficient (Wildman–Crippen LogP) is 1.22. The summed E-state index contributed by atoms with van der Waals surface area (Å²) in [6.45, 7) is 7.35. The van der Waals surface area contributed by atoms with Crippen LogP contribution in [0, 0.1) is 25.7 Å². The fourth-order valence-electron chi connectivity index (χ4n) is 4.58. The van der Waals surface area contributed by atoms with E-state index in [1.165, 1.54) is 0 Å². The molecule has 0 N–H and O–H groups in total. The molecule has 29 heavy (non-hydrogen) atoms. The van der Waals surface area contributed by atoms with E-state index in [1.807, 2.05) is 35.6 Å². The fourth-order valence-corrected chi connectivity index (χ4v) is 4.58. The van der Waals surface area contributed by atoms with E-state index in [-0.39, 0.29) is 5.91 Å². The summed E-state index contributed by atoms with van der Waals surface area (Å²) in [5.41, 5.74) is 2.67. The summed E-state index contributed by atoms with van der Waals surface area (Å²) in [5.74, 6) is 2.69. The van der Waals surface area contributed by atoms with Gasteiger partial charge in [-0.05, 0) is 26.0 Å². The Morgan fingerprint density at radius 3 is 2.38 bits per heavy atom. The van der Waals surface area contributed by atoms with Gasteiger partial charge >= 0.3 is 0 Å². The molecule has 2 unspecified atom stereocenters. The first-order valence-corrected chi connectivity index (χ1v) is 9.87. The number of nitrogens with zero attached hydrogens (tertiary/aromatic N) is 8. The molecule has 3 aromatic heterocycles. The van der Waals surface area contributed by atoms with Crippen molar-refractivity contribution in [2.45, 2.75) is 13.8 Å². The van der Waals surface area contributed by atoms with E-state index in [0.29, 0.717) is 17.5 Å². The van der Waals surface area contributed by atoms with Crippen molar-refractivity contribution in [1.82, 2.24) is 34.4 Å². The van der Waals surface area contributed by atoms with Crippen molar-refractivity contribution in [2.24, 2.45) is 18.9 Å². The maximum absolute atomic E-state index is 12.8. The molecule has 2 atom stereocenters. The first-order valence-electron chi connectivity index (χ1n) is 9.87. The number of aryl methyl sites for hydroxylation is 3. The normalized spacial score (nSPS) is 21.1. The molecule has 2 saturated heterocycles. The number of fused-ring (bicyclic) bond motifs is 1. The Kier molecular flexibility index (Phi) is 4.11. The lowest BCUT2D eigenvalue weighted by Gasteiger charge is -2.22. The van der Waals surface area contributed by atoms with Gasteiger partial charge in [-0.25, -0.2) is 14.6 Å². The van der Waals surface area contributed by atoms with Crippen LogP contribution in [0.2, 0.25) is 0 Å². The van der Waals surface area contributed by atoms with Crippen LogP contribution < -0.4 is 4.90 Å². The number of rotatable bonds is 3. The minimum atomic E-state index is 0.0693. The van der Waals surface area contributed by atoms with Crippen molar-refractivity contribution in [3.8, 4) is 5.82 Å². The van der Waals surface area contributed by atoms with E-state index in [0.717, 1.165) is 49.2 Å². The zero-order chi connectivity index (χ0) is 20.1. The zero-order valence-electron chi connectivity index (χ0n) is 16.9. The van der Waals surface area contributed by atoms with Gasteiger partial charge < -0.3 is 9.80 Å². The first kappa shape index (κ1) is 17.8. The molecular formula is C20H24N8O. The van der Waals surface area contributed by atoms with Crippen LogP contribution in [0.5, 0.6) is 0 Å². The Balaban J connectivity index is 1.30. The van der Waals surface area contributed by atoms with Crippen LogP contribution in [0.3, 0.4) is 0 Å². The van der Waals surface area contributed by atoms with Crippen LogP contribution in [0.15, 0.2) is 30.7 Å². The number of anilines is 1. The van der Waals surface area contributed by atoms with E-state index in [1.54, 1.807) is 30.3 Å². The molecule has 0 aromatic carbocycles. The van der Waals surface area contributed by atoms with Crippen molar-refractivity contribution in [1.29, 1.82) is 0 Å². The lowest BCUT2D eigenvalue weighted by Crippen LogP contribution is -2.34. The molecule has 3 aromatic rings. The van der Waals surface area contributed by atoms with Crippen LogP contribution in [0.4, 0.5) is 5.82 Å². The van der Waals surface area contributed by atoms with Crippen LogP contribution >= 0.6 is 0 Å². The number of aromatic nitrogens is 6. The molecule has 2 fully saturated rings. The van der Waals surface area contributed by atoms with Gasteiger partial charge in [0, 0.05) is 63.0 Å². The number of carbonyl (C=O) groups is 1. The molecule has 0 saturated carbocycles. The number of hydrogen-bond donors (Lipinski definition) is 0. The van der Waals surface area contributed by atoms with Crippen LogP contribution in [-0.2, 0) is 7.05 Å². The summed E-state index contributed by atoms with van der Waals surface area (Å²) in [7, 11) is 1.81. The number of amides is 1. The highest BCUT2D eigenvalue weighted by Crippen LogP contribution is 2.34. The van der Waals surface area contributed by atoms with Gasteiger partial charge in [-0.15, -0.1) is 0 Å². The van der Waals surface area contributed by atoms with Crippen molar-refractivity contribution < 1.29 is 4.79 Å². The third-order valence-corrected chi connectivity index (χ3v) is 6.00. The standard InChI is InChI=1S/C20H24N8O/c1-13-6-14(2)28(24-13)19-7-18(21-12-22-19)26-8-15-10-27(11-16(15)9-26)20(29)17-4-5-23-25(17)3/h4-7,12,15-16H,8-11H2,1-3H3. The Hall–Kier alpha value is -3.23. The van der Waals surface area contributed by atoms with Gasteiger partial charge in [0.25, 0.3) is 5.91 Å². The van der Waals surface area contributed by atoms with E-state index < -0.39 is 0 Å². The molecule has 9 heteroatoms. The summed E-state index contributed by atoms with van der Waals surface area (Å²) in [6, 6.07) is 5.82. The smallest absolute Gasteiger partial charge is 0.272 e. The summed E-state index contributed by atoms with van der Waals surface area (Å²) in [5, 5.41) is 8.64. The summed E-state index contributed by atoms with van der Waals surface area (Å²) >= 11 is 0. The highest BCUT2D eigenvalue weighted by atomic mass is 16.2. The topological polar surface area (TPSA) is 85.0 Å². The first-order chi connectivity index (χ1) is 14.0. The van der Waals surface area contributed by atoms with Crippen molar-refractivity contribution in [2.75, 3.05) is 31.1 Å². The third-order valence-electron chi connectivity index (χ3n) is 6.00. The van der Waals surface area contributed by atoms with Crippen molar-refractivity contribution >= 4 is 11.7 Å². The molecule has 2 aliphatic heterocycles. The maximum Gasteiger partial charge on any atom is 0.272 e. The summed E-state index contributed by atoms with van der Waals surface area (Å²) < 4.78 is 3.50. The lowest BCUT2D eigenvalue weighted by molar-refractivity contribution is 0.0771. The molecular weight excluding hydrogens is 368 g/mol. The highest BCUT2D eigenvalue weighted by molar-refractivity contribution is 5.92. The van der Waals surface area contributed by atoms with Gasteiger partial charge in [-0.2, -0.15) is 10.2 Å². The predicted molar refractivity (Wildman–Crippen MR) is 107 cm³/mol. The summed E-state index contributed by atoms with van der Waals surface area (Å²) in [6.07, 6.45) is 3.27. The van der Waals surface area contributed by atoms with Crippen LogP contribution in [-0.4, -0.2) is 66.5 Å². The minimum Gasteiger partial charge on any atom is -0.356 e. The minimum absolute atomic E-state index is 0.0693. The van der Waals surface area contributed by atoms with Crippen molar-refractivity contribution in [3.63, 3.8) is 0 Å². The van der Waals surface area contributed by atoms with Gasteiger partial charge in [-0.3, -0.25) is 9.48 Å². The number of carbonyl (C=O) groups excluding carboxylic acids is 1. The molecule has 2 aliphatic rings. The third kappa shape index (κ3) is 3.06. The Labute approximate surface area is 169 Å². The number of likely N-dealkylation sites (tertiary alicyclic amines) is 1. The lowest BCUT2D eigenvalue weighted by atomic mass is 10.0. The average molecular weight is 392 g/mol. The van der Waals surface area contributed by atoms with Gasteiger partial charge in [0.05, 0.1) is 5.69 Å². The van der Waals surface area contributed by atoms with Crippen LogP contribution in [0.1, 0.15) is 21.9 Å². The Morgan fingerprint density at radius 1 is 1.03 bits per heavy atom. The highest BCUT2D eigenvalue weighted by Gasteiger charge is 2.42. The van der Waals surface area contributed by atoms with Crippen LogP contribution in [0.25, 0.3) is 5.82 Å². The molecule has 5 heterocycles. The monoisotopic (exact) mass is 392 g/mol. The largest absolute Gasteiger partial charge is 0.356 e. The van der Waals surface area contributed by atoms with Gasteiger partial charge in [0.2, 0.25) is 0 Å². The van der Waals surface area contributed by atoms with Gasteiger partial charge in [-0.1, -0.05) is 0 Å². The zero-order valence-corrected chi connectivity index (χ0v) is 16.9. The van der Waals surface area contributed by atoms with E-state index in [2.05, 4.69) is 25.1 Å². The second kappa shape index (κ2) is 6.68. The fraction of sp³-hybridized carbons (Fsp3) is 0.450. The number of hydrogen-bond acceptors (Lipinski definition) is 6. The molecule has 0 radical (unpaired) electrons. The molecule has 0 spiro atoms. The second-order valence-corrected chi connectivity index (χ2v) is 8.05. The molecule has 1 amide bonds. The Bertz CT molecular complexity index is 1060. The van der Waals surface area contributed by atoms with E-state index in [4.69, 9.17) is 0 Å². The van der Waals surface area contributed by atoms with Gasteiger partial charge in [0.15, 0.2) is 5.82 Å². The average Bonchev–Trinajstić information content (AvgIpc) is 3.44. The summed E-state index contributed by atoms with van der Waals surface area (Å²) in [4.78, 5) is 25.9. The second-order valence-electron chi connectivity index (χ2n) is 8.05. The molecule has 0 aliphatic carbocycles.